The molecule has 0 spiro atoms. The smallest absolute Gasteiger partial charge is 0.306 e. The molecule has 5 nitrogen and oxygen atoms in total. The van der Waals surface area contributed by atoms with Crippen molar-refractivity contribution in [2.75, 3.05) is 13.1 Å². The highest BCUT2D eigenvalue weighted by molar-refractivity contribution is 5.97. The number of hydrogen-bond acceptors (Lipinski definition) is 3. The third-order valence-corrected chi connectivity index (χ3v) is 7.80. The van der Waals surface area contributed by atoms with Crippen molar-refractivity contribution in [1.82, 2.24) is 14.5 Å². The summed E-state index contributed by atoms with van der Waals surface area (Å²) in [5, 5.41) is 0. The normalized spacial score (nSPS) is 20.3. The zero-order valence-corrected chi connectivity index (χ0v) is 19.0. The Morgan fingerprint density at radius 2 is 1.66 bits per heavy atom. The van der Waals surface area contributed by atoms with Crippen LogP contribution in [-0.4, -0.2) is 33.3 Å². The van der Waals surface area contributed by atoms with Crippen LogP contribution in [0.4, 0.5) is 0 Å². The monoisotopic (exact) mass is 431 g/mol. The summed E-state index contributed by atoms with van der Waals surface area (Å²) < 4.78 is 1.93. The van der Waals surface area contributed by atoms with Crippen LogP contribution in [0.5, 0.6) is 0 Å². The van der Waals surface area contributed by atoms with Crippen molar-refractivity contribution in [2.24, 2.45) is 0 Å². The first-order valence-corrected chi connectivity index (χ1v) is 12.1. The standard InChI is InChI=1S/C27H33N3O2/c1-20(31)21-11-12-25-24(19-21)28-26(32)30(25)23-13-17-29(18-14-23)27(15-7-2-3-8-16-27)22-9-5-4-6-10-22/h4-6,9-12,19,23H,2-3,7-8,13-18H2,1H3,(H,28,32). The van der Waals surface area contributed by atoms with Gasteiger partial charge in [-0.25, -0.2) is 4.79 Å². The van der Waals surface area contributed by atoms with Gasteiger partial charge in [0.25, 0.3) is 0 Å². The highest BCUT2D eigenvalue weighted by Crippen LogP contribution is 2.43. The fourth-order valence-corrected chi connectivity index (χ4v) is 6.11. The van der Waals surface area contributed by atoms with Crippen LogP contribution in [0, 0.1) is 0 Å². The molecule has 1 saturated carbocycles. The molecule has 2 fully saturated rings. The molecule has 5 heteroatoms. The maximum absolute atomic E-state index is 12.8. The second kappa shape index (κ2) is 8.70. The molecule has 2 aliphatic rings. The molecule has 1 N–H and O–H groups in total. The number of Topliss-reactive ketones (excluding diaryl/α,β-unsaturated/α-hetero) is 1. The lowest BCUT2D eigenvalue weighted by Gasteiger charge is -2.47. The van der Waals surface area contributed by atoms with Gasteiger partial charge in [-0.05, 0) is 56.4 Å². The summed E-state index contributed by atoms with van der Waals surface area (Å²) in [5.41, 5.74) is 3.83. The van der Waals surface area contributed by atoms with Crippen LogP contribution >= 0.6 is 0 Å². The van der Waals surface area contributed by atoms with Crippen LogP contribution in [0.1, 0.15) is 80.3 Å². The Morgan fingerprint density at radius 3 is 2.31 bits per heavy atom. The summed E-state index contributed by atoms with van der Waals surface area (Å²) in [6, 6.07) is 16.8. The molecule has 3 aromatic rings. The van der Waals surface area contributed by atoms with E-state index in [0.29, 0.717) is 5.56 Å². The quantitative estimate of drug-likeness (QED) is 0.443. The van der Waals surface area contributed by atoms with Gasteiger partial charge in [-0.1, -0.05) is 56.0 Å². The van der Waals surface area contributed by atoms with Crippen molar-refractivity contribution < 1.29 is 4.79 Å². The van der Waals surface area contributed by atoms with E-state index in [1.165, 1.54) is 44.1 Å². The Labute approximate surface area is 189 Å². The van der Waals surface area contributed by atoms with Gasteiger partial charge in [0.05, 0.1) is 11.0 Å². The average molecular weight is 432 g/mol. The van der Waals surface area contributed by atoms with Crippen LogP contribution < -0.4 is 5.69 Å². The molecule has 32 heavy (non-hydrogen) atoms. The molecule has 1 aromatic heterocycles. The van der Waals surface area contributed by atoms with Crippen molar-refractivity contribution in [2.45, 2.75) is 69.9 Å². The number of benzene rings is 2. The number of aromatic nitrogens is 2. The summed E-state index contributed by atoms with van der Waals surface area (Å²) in [4.78, 5) is 30.3. The van der Waals surface area contributed by atoms with E-state index < -0.39 is 0 Å². The topological polar surface area (TPSA) is 58.1 Å². The summed E-state index contributed by atoms with van der Waals surface area (Å²) >= 11 is 0. The number of rotatable bonds is 4. The van der Waals surface area contributed by atoms with E-state index in [2.05, 4.69) is 40.2 Å². The maximum atomic E-state index is 12.8. The molecule has 0 bridgehead atoms. The zero-order chi connectivity index (χ0) is 22.1. The van der Waals surface area contributed by atoms with Gasteiger partial charge in [0, 0.05) is 30.2 Å². The minimum Gasteiger partial charge on any atom is -0.306 e. The molecule has 0 unspecified atom stereocenters. The molecule has 0 radical (unpaired) electrons. The second-order valence-corrected chi connectivity index (χ2v) is 9.62. The van der Waals surface area contributed by atoms with E-state index in [4.69, 9.17) is 0 Å². The molecule has 168 valence electrons. The summed E-state index contributed by atoms with van der Waals surface area (Å²) in [6.07, 6.45) is 9.62. The second-order valence-electron chi connectivity index (χ2n) is 9.62. The number of carbonyl (C=O) groups is 1. The number of H-pyrrole nitrogens is 1. The predicted molar refractivity (Wildman–Crippen MR) is 128 cm³/mol. The maximum Gasteiger partial charge on any atom is 0.326 e. The van der Waals surface area contributed by atoms with Crippen LogP contribution in [0.15, 0.2) is 53.3 Å². The number of imidazole rings is 1. The highest BCUT2D eigenvalue weighted by Gasteiger charge is 2.40. The highest BCUT2D eigenvalue weighted by atomic mass is 16.1. The zero-order valence-electron chi connectivity index (χ0n) is 19.0. The number of nitrogens with zero attached hydrogens (tertiary/aromatic N) is 2. The van der Waals surface area contributed by atoms with Gasteiger partial charge in [-0.2, -0.15) is 0 Å². The lowest BCUT2D eigenvalue weighted by molar-refractivity contribution is 0.0356. The Balaban J connectivity index is 1.41. The molecule has 2 aromatic carbocycles. The van der Waals surface area contributed by atoms with Crippen molar-refractivity contribution in [1.29, 1.82) is 0 Å². The van der Waals surface area contributed by atoms with E-state index in [-0.39, 0.29) is 23.1 Å². The molecule has 0 atom stereocenters. The molecule has 2 heterocycles. The Kier molecular flexibility index (Phi) is 5.76. The SMILES string of the molecule is CC(=O)c1ccc2c(c1)[nH]c(=O)n2C1CCN(C2(c3ccccc3)CCCCCC2)CC1. The number of aromatic amines is 1. The fourth-order valence-electron chi connectivity index (χ4n) is 6.11. The number of carbonyl (C=O) groups excluding carboxylic acids is 1. The van der Waals surface area contributed by atoms with E-state index in [1.54, 1.807) is 13.0 Å². The third kappa shape index (κ3) is 3.73. The fraction of sp³-hybridized carbons (Fsp3) is 0.481. The van der Waals surface area contributed by atoms with Crippen molar-refractivity contribution >= 4 is 16.8 Å². The van der Waals surface area contributed by atoms with Gasteiger partial charge in [0.2, 0.25) is 0 Å². The third-order valence-electron chi connectivity index (χ3n) is 7.80. The van der Waals surface area contributed by atoms with E-state index in [0.717, 1.165) is 37.0 Å². The summed E-state index contributed by atoms with van der Waals surface area (Å²) in [5.74, 6) is 0.0171. The van der Waals surface area contributed by atoms with Crippen LogP contribution in [0.2, 0.25) is 0 Å². The first-order chi connectivity index (χ1) is 15.6. The Hall–Kier alpha value is -2.66. The lowest BCUT2D eigenvalue weighted by Crippen LogP contribution is -2.50. The van der Waals surface area contributed by atoms with Gasteiger partial charge in [-0.15, -0.1) is 0 Å². The number of ketones is 1. The van der Waals surface area contributed by atoms with Crippen molar-refractivity contribution in [3.05, 3.63) is 70.1 Å². The molecule has 1 aliphatic heterocycles. The number of piperidine rings is 1. The van der Waals surface area contributed by atoms with E-state index >= 15 is 0 Å². The van der Waals surface area contributed by atoms with Gasteiger partial charge >= 0.3 is 5.69 Å². The lowest BCUT2D eigenvalue weighted by atomic mass is 9.79. The van der Waals surface area contributed by atoms with Gasteiger partial charge in [0.1, 0.15) is 0 Å². The molecular formula is C27H33N3O2. The van der Waals surface area contributed by atoms with Gasteiger partial charge in [0.15, 0.2) is 5.78 Å². The molecule has 1 saturated heterocycles. The van der Waals surface area contributed by atoms with Crippen molar-refractivity contribution in [3.63, 3.8) is 0 Å². The molecular weight excluding hydrogens is 398 g/mol. The first kappa shape index (κ1) is 21.2. The van der Waals surface area contributed by atoms with E-state index in [9.17, 15) is 9.59 Å². The van der Waals surface area contributed by atoms with Crippen LogP contribution in [0.3, 0.4) is 0 Å². The molecule has 5 rings (SSSR count). The van der Waals surface area contributed by atoms with E-state index in [1.807, 2.05) is 16.7 Å². The molecule has 0 amide bonds. The van der Waals surface area contributed by atoms with Crippen molar-refractivity contribution in [3.8, 4) is 0 Å². The van der Waals surface area contributed by atoms with Crippen LogP contribution in [0.25, 0.3) is 11.0 Å². The minimum atomic E-state index is -0.0635. The summed E-state index contributed by atoms with van der Waals surface area (Å²) in [6.45, 7) is 3.57. The van der Waals surface area contributed by atoms with Crippen LogP contribution in [-0.2, 0) is 5.54 Å². The predicted octanol–water partition coefficient (Wildman–Crippen LogP) is 5.42. The largest absolute Gasteiger partial charge is 0.326 e. The minimum absolute atomic E-state index is 0.0171. The number of nitrogens with one attached hydrogen (secondary N) is 1. The van der Waals surface area contributed by atoms with Gasteiger partial charge in [-0.3, -0.25) is 14.3 Å². The van der Waals surface area contributed by atoms with Gasteiger partial charge < -0.3 is 4.98 Å². The number of fused-ring (bicyclic) bond motifs is 1. The Bertz CT molecular complexity index is 1140. The summed E-state index contributed by atoms with van der Waals surface area (Å²) in [7, 11) is 0. The average Bonchev–Trinajstić information content (AvgIpc) is 2.97. The molecule has 1 aliphatic carbocycles. The first-order valence-electron chi connectivity index (χ1n) is 12.1. The Morgan fingerprint density at radius 1 is 0.969 bits per heavy atom. The number of hydrogen-bond donors (Lipinski definition) is 1. The number of likely N-dealkylation sites (tertiary alicyclic amines) is 1.